The summed E-state index contributed by atoms with van der Waals surface area (Å²) in [5, 5.41) is 9.62. The van der Waals surface area contributed by atoms with Gasteiger partial charge in [-0.2, -0.15) is 0 Å². The van der Waals surface area contributed by atoms with Crippen molar-refractivity contribution in [2.75, 3.05) is 6.54 Å². The van der Waals surface area contributed by atoms with E-state index < -0.39 is 5.91 Å². The lowest BCUT2D eigenvalue weighted by Crippen LogP contribution is -2.30. The van der Waals surface area contributed by atoms with Crippen molar-refractivity contribution in [2.24, 2.45) is 11.5 Å². The zero-order chi connectivity index (χ0) is 10.8. The highest BCUT2D eigenvalue weighted by Gasteiger charge is 1.89. The maximum absolute atomic E-state index is 10.3. The van der Waals surface area contributed by atoms with Gasteiger partial charge in [0.1, 0.15) is 0 Å². The Morgan fingerprint density at radius 1 is 1.27 bits per heavy atom. The lowest BCUT2D eigenvalue weighted by atomic mass is 10.2. The standard InChI is InChI=1S/C9H18N4O.ClH/c10-8(14)6-4-2-1-3-5-7-13-9(11)12;/h4,6H,1-3,5,7H2,(H2,10,14)(H4,11,12,13);1H. The molecule has 0 aliphatic rings. The number of allylic oxidation sites excluding steroid dienone is 1. The number of hydrogen-bond donors (Lipinski definition) is 4. The molecule has 5 nitrogen and oxygen atoms in total. The number of hydrogen-bond acceptors (Lipinski definition) is 2. The molecule has 1 amide bonds. The predicted octanol–water partition coefficient (Wildman–Crippen LogP) is 0.493. The van der Waals surface area contributed by atoms with Gasteiger partial charge in [0.2, 0.25) is 5.91 Å². The number of rotatable bonds is 7. The van der Waals surface area contributed by atoms with Gasteiger partial charge in [0.25, 0.3) is 0 Å². The fourth-order valence-electron chi connectivity index (χ4n) is 0.987. The SMILES string of the molecule is Cl.N=C(N)NCCCCCC=CC(N)=O. The van der Waals surface area contributed by atoms with Crippen LogP contribution in [0.25, 0.3) is 0 Å². The van der Waals surface area contributed by atoms with Gasteiger partial charge in [-0.3, -0.25) is 10.2 Å². The average molecular weight is 235 g/mol. The van der Waals surface area contributed by atoms with Crippen molar-refractivity contribution in [1.82, 2.24) is 5.32 Å². The van der Waals surface area contributed by atoms with E-state index in [4.69, 9.17) is 16.9 Å². The highest BCUT2D eigenvalue weighted by atomic mass is 35.5. The fourth-order valence-corrected chi connectivity index (χ4v) is 0.987. The number of halogens is 1. The smallest absolute Gasteiger partial charge is 0.241 e. The summed E-state index contributed by atoms with van der Waals surface area (Å²) in [5.74, 6) is -0.387. The predicted molar refractivity (Wildman–Crippen MR) is 64.0 cm³/mol. The summed E-state index contributed by atoms with van der Waals surface area (Å²) in [7, 11) is 0. The third kappa shape index (κ3) is 15.5. The van der Waals surface area contributed by atoms with Crippen molar-refractivity contribution in [2.45, 2.75) is 25.7 Å². The van der Waals surface area contributed by atoms with Crippen molar-refractivity contribution in [3.8, 4) is 0 Å². The number of amides is 1. The Balaban J connectivity index is 0. The first-order valence-electron chi connectivity index (χ1n) is 4.67. The molecule has 0 bridgehead atoms. The Morgan fingerprint density at radius 3 is 2.47 bits per heavy atom. The molecule has 0 spiro atoms. The van der Waals surface area contributed by atoms with Crippen LogP contribution in [0.15, 0.2) is 12.2 Å². The molecular weight excluding hydrogens is 216 g/mol. The number of unbranched alkanes of at least 4 members (excludes halogenated alkanes) is 3. The van der Waals surface area contributed by atoms with Crippen molar-refractivity contribution in [3.63, 3.8) is 0 Å². The molecule has 0 fully saturated rings. The van der Waals surface area contributed by atoms with Crippen LogP contribution in [-0.2, 0) is 4.79 Å². The van der Waals surface area contributed by atoms with E-state index in [1.807, 2.05) is 0 Å². The normalized spacial score (nSPS) is 9.60. The Kier molecular flexibility index (Phi) is 11.7. The van der Waals surface area contributed by atoms with Crippen LogP contribution < -0.4 is 16.8 Å². The van der Waals surface area contributed by atoms with E-state index in [0.717, 1.165) is 32.2 Å². The van der Waals surface area contributed by atoms with Crippen LogP contribution in [0.2, 0.25) is 0 Å². The molecule has 0 radical (unpaired) electrons. The van der Waals surface area contributed by atoms with Gasteiger partial charge in [-0.25, -0.2) is 0 Å². The summed E-state index contributed by atoms with van der Waals surface area (Å²) in [6, 6.07) is 0. The van der Waals surface area contributed by atoms with E-state index in [-0.39, 0.29) is 18.4 Å². The first-order valence-corrected chi connectivity index (χ1v) is 4.67. The third-order valence-electron chi connectivity index (χ3n) is 1.65. The van der Waals surface area contributed by atoms with Crippen LogP contribution in [0.4, 0.5) is 0 Å². The van der Waals surface area contributed by atoms with Gasteiger partial charge in [-0.05, 0) is 25.3 Å². The highest BCUT2D eigenvalue weighted by molar-refractivity contribution is 5.85. The summed E-state index contributed by atoms with van der Waals surface area (Å²) in [6.07, 6.45) is 7.06. The number of guanidine groups is 1. The Hall–Kier alpha value is -1.23. The van der Waals surface area contributed by atoms with Crippen molar-refractivity contribution < 1.29 is 4.79 Å². The van der Waals surface area contributed by atoms with Crippen LogP contribution in [0, 0.1) is 5.41 Å². The molecule has 0 aromatic carbocycles. The van der Waals surface area contributed by atoms with E-state index in [1.54, 1.807) is 6.08 Å². The van der Waals surface area contributed by atoms with Gasteiger partial charge in [0.05, 0.1) is 0 Å². The molecule has 0 aromatic heterocycles. The molecule has 0 saturated heterocycles. The minimum atomic E-state index is -0.400. The second kappa shape index (κ2) is 10.8. The van der Waals surface area contributed by atoms with Crippen molar-refractivity contribution in [3.05, 3.63) is 12.2 Å². The average Bonchev–Trinajstić information content (AvgIpc) is 2.08. The zero-order valence-electron chi connectivity index (χ0n) is 8.66. The maximum Gasteiger partial charge on any atom is 0.241 e. The van der Waals surface area contributed by atoms with Gasteiger partial charge >= 0.3 is 0 Å². The molecule has 6 heteroatoms. The summed E-state index contributed by atoms with van der Waals surface area (Å²) >= 11 is 0. The molecule has 6 N–H and O–H groups in total. The maximum atomic E-state index is 10.3. The van der Waals surface area contributed by atoms with Crippen LogP contribution in [0.1, 0.15) is 25.7 Å². The number of nitrogens with one attached hydrogen (secondary N) is 2. The second-order valence-corrected chi connectivity index (χ2v) is 2.99. The molecule has 15 heavy (non-hydrogen) atoms. The monoisotopic (exact) mass is 234 g/mol. The van der Waals surface area contributed by atoms with Crippen molar-refractivity contribution >= 4 is 24.3 Å². The Bertz CT molecular complexity index is 218. The Labute approximate surface area is 96.2 Å². The van der Waals surface area contributed by atoms with E-state index in [1.165, 1.54) is 6.08 Å². The van der Waals surface area contributed by atoms with Gasteiger partial charge in [0.15, 0.2) is 5.96 Å². The Morgan fingerprint density at radius 2 is 1.93 bits per heavy atom. The van der Waals surface area contributed by atoms with Gasteiger partial charge < -0.3 is 16.8 Å². The van der Waals surface area contributed by atoms with Gasteiger partial charge in [-0.15, -0.1) is 12.4 Å². The molecule has 0 heterocycles. The van der Waals surface area contributed by atoms with Crippen LogP contribution in [-0.4, -0.2) is 18.4 Å². The molecule has 0 atom stereocenters. The first-order chi connectivity index (χ1) is 6.63. The lowest BCUT2D eigenvalue weighted by molar-refractivity contribution is -0.113. The van der Waals surface area contributed by atoms with Gasteiger partial charge in [0, 0.05) is 6.54 Å². The minimum absolute atomic E-state index is 0. The largest absolute Gasteiger partial charge is 0.370 e. The molecule has 0 aliphatic heterocycles. The summed E-state index contributed by atoms with van der Waals surface area (Å²) in [5.41, 5.74) is 10.0. The minimum Gasteiger partial charge on any atom is -0.370 e. The summed E-state index contributed by atoms with van der Waals surface area (Å²) < 4.78 is 0. The summed E-state index contributed by atoms with van der Waals surface area (Å²) in [4.78, 5) is 10.3. The van der Waals surface area contributed by atoms with Crippen LogP contribution >= 0.6 is 12.4 Å². The number of carbonyl (C=O) groups excluding carboxylic acids is 1. The highest BCUT2D eigenvalue weighted by Crippen LogP contribution is 1.99. The third-order valence-corrected chi connectivity index (χ3v) is 1.65. The van der Waals surface area contributed by atoms with Gasteiger partial charge in [-0.1, -0.05) is 12.5 Å². The zero-order valence-corrected chi connectivity index (χ0v) is 9.48. The molecule has 0 saturated carbocycles. The number of nitrogens with two attached hydrogens (primary N) is 2. The topological polar surface area (TPSA) is 105 Å². The number of carbonyl (C=O) groups is 1. The summed E-state index contributed by atoms with van der Waals surface area (Å²) in [6.45, 7) is 0.731. The van der Waals surface area contributed by atoms with E-state index in [0.29, 0.717) is 0 Å². The van der Waals surface area contributed by atoms with E-state index >= 15 is 0 Å². The molecular formula is C9H19ClN4O. The van der Waals surface area contributed by atoms with Crippen LogP contribution in [0.3, 0.4) is 0 Å². The molecule has 0 unspecified atom stereocenters. The first kappa shape index (κ1) is 16.2. The molecule has 88 valence electrons. The second-order valence-electron chi connectivity index (χ2n) is 2.99. The number of primary amides is 1. The molecule has 0 aromatic rings. The molecule has 0 aliphatic carbocycles. The van der Waals surface area contributed by atoms with Crippen molar-refractivity contribution in [1.29, 1.82) is 5.41 Å². The lowest BCUT2D eigenvalue weighted by Gasteiger charge is -2.01. The molecule has 0 rings (SSSR count). The van der Waals surface area contributed by atoms with E-state index in [9.17, 15) is 4.79 Å². The quantitative estimate of drug-likeness (QED) is 0.223. The van der Waals surface area contributed by atoms with E-state index in [2.05, 4.69) is 5.32 Å². The fraction of sp³-hybridized carbons (Fsp3) is 0.556. The van der Waals surface area contributed by atoms with Crippen LogP contribution in [0.5, 0.6) is 0 Å².